The first-order valence-electron chi connectivity index (χ1n) is 8.22. The first-order valence-corrected chi connectivity index (χ1v) is 8.22. The third-order valence-electron chi connectivity index (χ3n) is 3.64. The summed E-state index contributed by atoms with van der Waals surface area (Å²) < 4.78 is 0. The first kappa shape index (κ1) is 19.7. The van der Waals surface area contributed by atoms with Gasteiger partial charge in [-0.1, -0.05) is 44.2 Å². The van der Waals surface area contributed by atoms with Crippen molar-refractivity contribution < 1.29 is 14.4 Å². The quantitative estimate of drug-likeness (QED) is 0.640. The van der Waals surface area contributed by atoms with E-state index in [2.05, 4.69) is 10.6 Å². The molecule has 0 aromatic heterocycles. The van der Waals surface area contributed by atoms with Crippen molar-refractivity contribution in [3.63, 3.8) is 0 Å². The van der Waals surface area contributed by atoms with Gasteiger partial charge < -0.3 is 16.4 Å². The number of hydrogen-bond donors (Lipinski definition) is 3. The van der Waals surface area contributed by atoms with Crippen LogP contribution in [0.25, 0.3) is 0 Å². The zero-order chi connectivity index (χ0) is 18.1. The fourth-order valence-corrected chi connectivity index (χ4v) is 2.35. The number of nitrogens with two attached hydrogens (primary N) is 1. The van der Waals surface area contributed by atoms with E-state index >= 15 is 0 Å². The van der Waals surface area contributed by atoms with Gasteiger partial charge in [0, 0.05) is 12.8 Å². The summed E-state index contributed by atoms with van der Waals surface area (Å²) in [5.41, 5.74) is 6.29. The van der Waals surface area contributed by atoms with Gasteiger partial charge in [-0.3, -0.25) is 14.4 Å². The van der Waals surface area contributed by atoms with Gasteiger partial charge in [0.1, 0.15) is 6.04 Å². The van der Waals surface area contributed by atoms with E-state index in [1.54, 1.807) is 0 Å². The zero-order valence-electron chi connectivity index (χ0n) is 14.5. The predicted octanol–water partition coefficient (Wildman–Crippen LogP) is 1.66. The zero-order valence-corrected chi connectivity index (χ0v) is 14.5. The molecule has 1 aromatic carbocycles. The summed E-state index contributed by atoms with van der Waals surface area (Å²) in [6.07, 6.45) is 0.573. The third-order valence-corrected chi connectivity index (χ3v) is 3.64. The van der Waals surface area contributed by atoms with Gasteiger partial charge in [0.2, 0.25) is 17.7 Å². The molecule has 6 nitrogen and oxygen atoms in total. The average Bonchev–Trinajstić information content (AvgIpc) is 2.52. The van der Waals surface area contributed by atoms with E-state index in [0.29, 0.717) is 6.42 Å². The van der Waals surface area contributed by atoms with Crippen LogP contribution in [-0.2, 0) is 14.4 Å². The molecule has 4 N–H and O–H groups in total. The molecule has 24 heavy (non-hydrogen) atoms. The fourth-order valence-electron chi connectivity index (χ4n) is 2.35. The van der Waals surface area contributed by atoms with Crippen LogP contribution in [0.5, 0.6) is 0 Å². The van der Waals surface area contributed by atoms with Gasteiger partial charge in [-0.2, -0.15) is 0 Å². The molecule has 0 heterocycles. The maximum absolute atomic E-state index is 11.9. The predicted molar refractivity (Wildman–Crippen MR) is 92.8 cm³/mol. The standard InChI is InChI=1S/C18H27N3O3/c1-12(2)11-15(18(19)24)21-17(23)10-9-16(22)20-13(3)14-7-5-4-6-8-14/h4-8,12-13,15H,9-11H2,1-3H3,(H2,19,24)(H,20,22)(H,21,23)/t13-,15+/m1/s1. The highest BCUT2D eigenvalue weighted by molar-refractivity contribution is 5.88. The average molecular weight is 333 g/mol. The molecule has 0 saturated heterocycles. The summed E-state index contributed by atoms with van der Waals surface area (Å²) in [5, 5.41) is 5.44. The van der Waals surface area contributed by atoms with Gasteiger partial charge >= 0.3 is 0 Å². The molecule has 3 amide bonds. The third kappa shape index (κ3) is 7.26. The molecule has 6 heteroatoms. The molecule has 0 spiro atoms. The van der Waals surface area contributed by atoms with E-state index in [9.17, 15) is 14.4 Å². The lowest BCUT2D eigenvalue weighted by atomic mass is 10.0. The van der Waals surface area contributed by atoms with Crippen molar-refractivity contribution in [2.45, 2.75) is 52.1 Å². The Bertz CT molecular complexity index is 558. The molecule has 0 aliphatic heterocycles. The van der Waals surface area contributed by atoms with Crippen molar-refractivity contribution >= 4 is 17.7 Å². The Labute approximate surface area is 143 Å². The number of rotatable bonds is 9. The Balaban J connectivity index is 2.40. The number of primary amides is 1. The van der Waals surface area contributed by atoms with E-state index in [1.807, 2.05) is 51.1 Å². The van der Waals surface area contributed by atoms with Crippen molar-refractivity contribution in [3.05, 3.63) is 35.9 Å². The maximum Gasteiger partial charge on any atom is 0.240 e. The summed E-state index contributed by atoms with van der Waals surface area (Å²) in [7, 11) is 0. The topological polar surface area (TPSA) is 101 Å². The van der Waals surface area contributed by atoms with E-state index < -0.39 is 11.9 Å². The lowest BCUT2D eigenvalue weighted by Crippen LogP contribution is -2.45. The largest absolute Gasteiger partial charge is 0.368 e. The SMILES string of the molecule is CC(C)C[C@H](NC(=O)CCC(=O)N[C@H](C)c1ccccc1)C(N)=O. The number of carbonyl (C=O) groups excluding carboxylic acids is 3. The molecule has 132 valence electrons. The molecule has 1 aromatic rings. The molecule has 0 saturated carbocycles. The van der Waals surface area contributed by atoms with Crippen molar-refractivity contribution in [1.82, 2.24) is 10.6 Å². The minimum Gasteiger partial charge on any atom is -0.368 e. The summed E-state index contributed by atoms with van der Waals surface area (Å²) >= 11 is 0. The Morgan fingerprint density at radius 1 is 0.958 bits per heavy atom. The van der Waals surface area contributed by atoms with Crippen LogP contribution in [0.1, 0.15) is 51.6 Å². The van der Waals surface area contributed by atoms with Crippen LogP contribution in [0.2, 0.25) is 0 Å². The fraction of sp³-hybridized carbons (Fsp3) is 0.500. The van der Waals surface area contributed by atoms with Crippen LogP contribution >= 0.6 is 0 Å². The highest BCUT2D eigenvalue weighted by Gasteiger charge is 2.19. The van der Waals surface area contributed by atoms with E-state index in [-0.39, 0.29) is 36.6 Å². The molecule has 1 rings (SSSR count). The first-order chi connectivity index (χ1) is 11.3. The van der Waals surface area contributed by atoms with Crippen LogP contribution in [0.3, 0.4) is 0 Å². The highest BCUT2D eigenvalue weighted by atomic mass is 16.2. The molecule has 0 unspecified atom stereocenters. The molecule has 0 fully saturated rings. The molecule has 2 atom stereocenters. The molecular formula is C18H27N3O3. The van der Waals surface area contributed by atoms with Crippen LogP contribution in [-0.4, -0.2) is 23.8 Å². The van der Waals surface area contributed by atoms with Crippen LogP contribution in [0.4, 0.5) is 0 Å². The van der Waals surface area contributed by atoms with Gasteiger partial charge in [-0.05, 0) is 24.8 Å². The number of hydrogen-bond acceptors (Lipinski definition) is 3. The van der Waals surface area contributed by atoms with E-state index in [0.717, 1.165) is 5.56 Å². The molecule has 0 aliphatic rings. The number of benzene rings is 1. The smallest absolute Gasteiger partial charge is 0.240 e. The molecule has 0 radical (unpaired) electrons. The van der Waals surface area contributed by atoms with Crippen LogP contribution in [0, 0.1) is 5.92 Å². The van der Waals surface area contributed by atoms with Crippen molar-refractivity contribution in [1.29, 1.82) is 0 Å². The Morgan fingerprint density at radius 3 is 2.00 bits per heavy atom. The van der Waals surface area contributed by atoms with Crippen molar-refractivity contribution in [3.8, 4) is 0 Å². The van der Waals surface area contributed by atoms with Gasteiger partial charge in [-0.15, -0.1) is 0 Å². The molecule has 0 bridgehead atoms. The monoisotopic (exact) mass is 333 g/mol. The highest BCUT2D eigenvalue weighted by Crippen LogP contribution is 2.11. The normalized spacial score (nSPS) is 13.2. The van der Waals surface area contributed by atoms with E-state index in [4.69, 9.17) is 5.73 Å². The molecule has 0 aliphatic carbocycles. The molecular weight excluding hydrogens is 306 g/mol. The summed E-state index contributed by atoms with van der Waals surface area (Å²) in [5.74, 6) is -0.875. The maximum atomic E-state index is 11.9. The number of amides is 3. The lowest BCUT2D eigenvalue weighted by molar-refractivity contribution is -0.129. The Hall–Kier alpha value is -2.37. The second-order valence-corrected chi connectivity index (χ2v) is 6.35. The Kier molecular flexibility index (Phi) is 7.95. The van der Waals surface area contributed by atoms with Crippen molar-refractivity contribution in [2.24, 2.45) is 11.7 Å². The summed E-state index contributed by atoms with van der Waals surface area (Å²) in [6, 6.07) is 8.77. The van der Waals surface area contributed by atoms with E-state index in [1.165, 1.54) is 0 Å². The van der Waals surface area contributed by atoms with Crippen LogP contribution in [0.15, 0.2) is 30.3 Å². The summed E-state index contributed by atoms with van der Waals surface area (Å²) in [6.45, 7) is 5.78. The van der Waals surface area contributed by atoms with Crippen molar-refractivity contribution in [2.75, 3.05) is 0 Å². The lowest BCUT2D eigenvalue weighted by Gasteiger charge is -2.18. The summed E-state index contributed by atoms with van der Waals surface area (Å²) in [4.78, 5) is 35.2. The Morgan fingerprint density at radius 2 is 1.50 bits per heavy atom. The number of nitrogens with one attached hydrogen (secondary N) is 2. The van der Waals surface area contributed by atoms with Crippen LogP contribution < -0.4 is 16.4 Å². The second kappa shape index (κ2) is 9.70. The van der Waals surface area contributed by atoms with Gasteiger partial charge in [-0.25, -0.2) is 0 Å². The minimum absolute atomic E-state index is 0.0230. The second-order valence-electron chi connectivity index (χ2n) is 6.35. The van der Waals surface area contributed by atoms with Gasteiger partial charge in [0.25, 0.3) is 0 Å². The minimum atomic E-state index is -0.691. The van der Waals surface area contributed by atoms with Gasteiger partial charge in [0.15, 0.2) is 0 Å². The van der Waals surface area contributed by atoms with Gasteiger partial charge in [0.05, 0.1) is 6.04 Å². The number of carbonyl (C=O) groups is 3.